The lowest BCUT2D eigenvalue weighted by atomic mass is 10.0. The number of hydrogen-bond acceptors (Lipinski definition) is 6. The molecule has 1 aliphatic carbocycles. The van der Waals surface area contributed by atoms with Gasteiger partial charge in [-0.05, 0) is 31.4 Å². The SMILES string of the molecule is O=C(NCc1ccccn1)c1n[nH]c2c1CCN(C(=O)c1cnc(C3CC3)nc1)C2. The second-order valence-electron chi connectivity index (χ2n) is 7.61. The summed E-state index contributed by atoms with van der Waals surface area (Å²) in [7, 11) is 0. The topological polar surface area (TPSA) is 117 Å². The van der Waals surface area contributed by atoms with Crippen LogP contribution in [0.3, 0.4) is 0 Å². The van der Waals surface area contributed by atoms with Gasteiger partial charge in [0.1, 0.15) is 5.82 Å². The van der Waals surface area contributed by atoms with Crippen LogP contribution in [0.2, 0.25) is 0 Å². The van der Waals surface area contributed by atoms with Crippen LogP contribution in [0.25, 0.3) is 0 Å². The number of amides is 2. The van der Waals surface area contributed by atoms with Gasteiger partial charge in [0, 0.05) is 36.6 Å². The van der Waals surface area contributed by atoms with E-state index in [0.29, 0.717) is 43.2 Å². The normalized spacial score (nSPS) is 15.5. The molecule has 0 spiro atoms. The molecule has 1 aliphatic heterocycles. The zero-order valence-corrected chi connectivity index (χ0v) is 16.3. The standard InChI is InChI=1S/C21H21N7O2/c29-20(25-11-15-3-1-2-7-22-15)18-16-6-8-28(12-17(16)26-27-18)21(30)14-9-23-19(24-10-14)13-4-5-13/h1-3,7,9-10,13H,4-6,8,11-12H2,(H,25,29)(H,26,27). The van der Waals surface area contributed by atoms with Gasteiger partial charge in [-0.2, -0.15) is 5.10 Å². The molecule has 1 saturated carbocycles. The summed E-state index contributed by atoms with van der Waals surface area (Å²) in [5.41, 5.74) is 3.29. The quantitative estimate of drug-likeness (QED) is 0.668. The van der Waals surface area contributed by atoms with Crippen LogP contribution in [0.4, 0.5) is 0 Å². The summed E-state index contributed by atoms with van der Waals surface area (Å²) in [5.74, 6) is 0.919. The van der Waals surface area contributed by atoms with Gasteiger partial charge < -0.3 is 10.2 Å². The van der Waals surface area contributed by atoms with E-state index >= 15 is 0 Å². The van der Waals surface area contributed by atoms with Gasteiger partial charge in [0.15, 0.2) is 5.69 Å². The Morgan fingerprint density at radius 3 is 2.73 bits per heavy atom. The van der Waals surface area contributed by atoms with Crippen molar-refractivity contribution in [3.8, 4) is 0 Å². The predicted octanol–water partition coefficient (Wildman–Crippen LogP) is 1.60. The second kappa shape index (κ2) is 7.66. The Kier molecular flexibility index (Phi) is 4.70. The fraction of sp³-hybridized carbons (Fsp3) is 0.333. The highest BCUT2D eigenvalue weighted by Crippen LogP contribution is 2.37. The molecule has 0 atom stereocenters. The van der Waals surface area contributed by atoms with Gasteiger partial charge in [-0.15, -0.1) is 0 Å². The second-order valence-corrected chi connectivity index (χ2v) is 7.61. The van der Waals surface area contributed by atoms with E-state index in [2.05, 4.69) is 30.5 Å². The van der Waals surface area contributed by atoms with Crippen LogP contribution < -0.4 is 5.32 Å². The molecule has 1 fully saturated rings. The smallest absolute Gasteiger partial charge is 0.272 e. The van der Waals surface area contributed by atoms with Gasteiger partial charge in [0.05, 0.1) is 30.0 Å². The van der Waals surface area contributed by atoms with Crippen LogP contribution >= 0.6 is 0 Å². The Hall–Kier alpha value is -3.62. The van der Waals surface area contributed by atoms with Gasteiger partial charge in [-0.1, -0.05) is 6.07 Å². The van der Waals surface area contributed by atoms with E-state index < -0.39 is 0 Å². The van der Waals surface area contributed by atoms with Crippen molar-refractivity contribution in [1.82, 2.24) is 35.4 Å². The van der Waals surface area contributed by atoms with Crippen LogP contribution in [0.1, 0.15) is 62.4 Å². The number of rotatable bonds is 5. The minimum Gasteiger partial charge on any atom is -0.345 e. The van der Waals surface area contributed by atoms with Crippen molar-refractivity contribution in [2.45, 2.75) is 38.3 Å². The zero-order valence-electron chi connectivity index (χ0n) is 16.3. The van der Waals surface area contributed by atoms with Crippen molar-refractivity contribution in [3.05, 3.63) is 70.8 Å². The monoisotopic (exact) mass is 403 g/mol. The third kappa shape index (κ3) is 3.66. The lowest BCUT2D eigenvalue weighted by Crippen LogP contribution is -2.36. The van der Waals surface area contributed by atoms with Crippen molar-refractivity contribution in [2.24, 2.45) is 0 Å². The largest absolute Gasteiger partial charge is 0.345 e. The lowest BCUT2D eigenvalue weighted by Gasteiger charge is -2.26. The number of nitrogens with zero attached hydrogens (tertiary/aromatic N) is 5. The van der Waals surface area contributed by atoms with Gasteiger partial charge in [-0.25, -0.2) is 9.97 Å². The van der Waals surface area contributed by atoms with Crippen LogP contribution in [-0.2, 0) is 19.5 Å². The Morgan fingerprint density at radius 1 is 1.17 bits per heavy atom. The molecule has 0 aromatic carbocycles. The summed E-state index contributed by atoms with van der Waals surface area (Å²) in [5, 5.41) is 9.97. The zero-order chi connectivity index (χ0) is 20.5. The summed E-state index contributed by atoms with van der Waals surface area (Å²) in [6, 6.07) is 5.56. The lowest BCUT2D eigenvalue weighted by molar-refractivity contribution is 0.0731. The fourth-order valence-electron chi connectivity index (χ4n) is 3.62. The van der Waals surface area contributed by atoms with E-state index in [-0.39, 0.29) is 11.8 Å². The minimum absolute atomic E-state index is 0.112. The molecule has 152 valence electrons. The highest BCUT2D eigenvalue weighted by atomic mass is 16.2. The maximum Gasteiger partial charge on any atom is 0.272 e. The van der Waals surface area contributed by atoms with Gasteiger partial charge in [0.25, 0.3) is 11.8 Å². The number of aromatic nitrogens is 5. The molecule has 2 aliphatic rings. The van der Waals surface area contributed by atoms with E-state index in [1.54, 1.807) is 23.5 Å². The number of hydrogen-bond donors (Lipinski definition) is 2. The molecule has 3 aromatic rings. The molecule has 0 unspecified atom stereocenters. The van der Waals surface area contributed by atoms with Crippen LogP contribution in [-0.4, -0.2) is 48.4 Å². The van der Waals surface area contributed by atoms with E-state index in [1.807, 2.05) is 18.2 Å². The van der Waals surface area contributed by atoms with E-state index in [4.69, 9.17) is 0 Å². The van der Waals surface area contributed by atoms with Crippen molar-refractivity contribution in [3.63, 3.8) is 0 Å². The Balaban J connectivity index is 1.24. The van der Waals surface area contributed by atoms with E-state index in [0.717, 1.165) is 35.6 Å². The number of carbonyl (C=O) groups is 2. The van der Waals surface area contributed by atoms with Gasteiger partial charge >= 0.3 is 0 Å². The van der Waals surface area contributed by atoms with Crippen molar-refractivity contribution >= 4 is 11.8 Å². The molecule has 9 heteroatoms. The average Bonchev–Trinajstić information content (AvgIpc) is 3.56. The Morgan fingerprint density at radius 2 is 2.00 bits per heavy atom. The highest BCUT2D eigenvalue weighted by Gasteiger charge is 2.29. The summed E-state index contributed by atoms with van der Waals surface area (Å²) >= 11 is 0. The molecule has 0 saturated heterocycles. The molecule has 4 heterocycles. The van der Waals surface area contributed by atoms with Crippen LogP contribution in [0.5, 0.6) is 0 Å². The summed E-state index contributed by atoms with van der Waals surface area (Å²) in [6.07, 6.45) is 7.72. The Labute approximate surface area is 173 Å². The molecule has 0 bridgehead atoms. The molecule has 9 nitrogen and oxygen atoms in total. The average molecular weight is 403 g/mol. The van der Waals surface area contributed by atoms with Gasteiger partial charge in [-0.3, -0.25) is 19.7 Å². The van der Waals surface area contributed by atoms with Crippen molar-refractivity contribution < 1.29 is 9.59 Å². The minimum atomic E-state index is -0.248. The summed E-state index contributed by atoms with van der Waals surface area (Å²) < 4.78 is 0. The number of fused-ring (bicyclic) bond motifs is 1. The first-order valence-electron chi connectivity index (χ1n) is 10.0. The summed E-state index contributed by atoms with van der Waals surface area (Å²) in [4.78, 5) is 40.0. The first kappa shape index (κ1) is 18.4. The molecular weight excluding hydrogens is 382 g/mol. The maximum atomic E-state index is 12.8. The molecule has 3 aromatic heterocycles. The fourth-order valence-corrected chi connectivity index (χ4v) is 3.62. The number of pyridine rings is 1. The van der Waals surface area contributed by atoms with Gasteiger partial charge in [0.2, 0.25) is 0 Å². The number of aromatic amines is 1. The number of nitrogens with one attached hydrogen (secondary N) is 2. The predicted molar refractivity (Wildman–Crippen MR) is 106 cm³/mol. The first-order valence-corrected chi connectivity index (χ1v) is 10.0. The first-order chi connectivity index (χ1) is 14.7. The molecule has 0 radical (unpaired) electrons. The number of carbonyl (C=O) groups excluding carboxylic acids is 2. The van der Waals surface area contributed by atoms with Crippen molar-refractivity contribution in [1.29, 1.82) is 0 Å². The molecule has 5 rings (SSSR count). The van der Waals surface area contributed by atoms with E-state index in [9.17, 15) is 9.59 Å². The molecule has 2 N–H and O–H groups in total. The molecule has 30 heavy (non-hydrogen) atoms. The number of H-pyrrole nitrogens is 1. The van der Waals surface area contributed by atoms with E-state index in [1.165, 1.54) is 0 Å². The maximum absolute atomic E-state index is 12.8. The molecular formula is C21H21N7O2. The van der Waals surface area contributed by atoms with Crippen molar-refractivity contribution in [2.75, 3.05) is 6.54 Å². The third-order valence-corrected chi connectivity index (χ3v) is 5.45. The molecule has 2 amide bonds. The van der Waals surface area contributed by atoms with Crippen LogP contribution in [0, 0.1) is 0 Å². The Bertz CT molecular complexity index is 1070. The summed E-state index contributed by atoms with van der Waals surface area (Å²) in [6.45, 7) is 1.22. The van der Waals surface area contributed by atoms with Crippen LogP contribution in [0.15, 0.2) is 36.8 Å². The highest BCUT2D eigenvalue weighted by molar-refractivity contribution is 5.95. The third-order valence-electron chi connectivity index (χ3n) is 5.45.